The van der Waals surface area contributed by atoms with Crippen LogP contribution >= 0.6 is 0 Å². The van der Waals surface area contributed by atoms with Crippen molar-refractivity contribution >= 4 is 17.5 Å². The van der Waals surface area contributed by atoms with Gasteiger partial charge in [-0.3, -0.25) is 9.59 Å². The molecule has 1 aromatic rings. The van der Waals surface area contributed by atoms with E-state index in [9.17, 15) is 9.59 Å². The molecule has 3 N–H and O–H groups in total. The Balaban J connectivity index is 1.97. The van der Waals surface area contributed by atoms with Gasteiger partial charge in [0.2, 0.25) is 5.91 Å². The van der Waals surface area contributed by atoms with Crippen LogP contribution in [0.5, 0.6) is 0 Å². The third-order valence-electron chi connectivity index (χ3n) is 4.70. The number of carbonyl (C=O) groups excluding carboxylic acids is 2. The summed E-state index contributed by atoms with van der Waals surface area (Å²) in [5, 5.41) is 8.92. The molecular formula is C18H27N3O2. The molecule has 0 saturated carbocycles. The maximum atomic E-state index is 12.3. The van der Waals surface area contributed by atoms with E-state index in [2.05, 4.69) is 22.9 Å². The molecule has 1 aliphatic rings. The van der Waals surface area contributed by atoms with Gasteiger partial charge in [-0.15, -0.1) is 0 Å². The summed E-state index contributed by atoms with van der Waals surface area (Å²) in [7, 11) is 1.60. The molecule has 1 aliphatic heterocycles. The molecule has 1 heterocycles. The lowest BCUT2D eigenvalue weighted by Gasteiger charge is -2.28. The molecule has 5 nitrogen and oxygen atoms in total. The van der Waals surface area contributed by atoms with Crippen molar-refractivity contribution in [3.63, 3.8) is 0 Å². The fourth-order valence-electron chi connectivity index (χ4n) is 3.12. The molecule has 23 heavy (non-hydrogen) atoms. The average molecular weight is 317 g/mol. The van der Waals surface area contributed by atoms with Crippen molar-refractivity contribution in [3.05, 3.63) is 29.3 Å². The average Bonchev–Trinajstić information content (AvgIpc) is 2.56. The fraction of sp³-hybridized carbons (Fsp3) is 0.556. The fourth-order valence-corrected chi connectivity index (χ4v) is 3.12. The highest BCUT2D eigenvalue weighted by molar-refractivity contribution is 5.97. The molecule has 1 fully saturated rings. The van der Waals surface area contributed by atoms with E-state index in [1.807, 2.05) is 13.0 Å². The number of aryl methyl sites for hydroxylation is 1. The van der Waals surface area contributed by atoms with Gasteiger partial charge < -0.3 is 16.0 Å². The van der Waals surface area contributed by atoms with Crippen LogP contribution in [-0.4, -0.2) is 32.0 Å². The predicted octanol–water partition coefficient (Wildman–Crippen LogP) is 2.32. The van der Waals surface area contributed by atoms with Crippen LogP contribution in [0, 0.1) is 18.8 Å². The highest BCUT2D eigenvalue weighted by Crippen LogP contribution is 2.25. The molecule has 126 valence electrons. The molecule has 1 atom stereocenters. The highest BCUT2D eigenvalue weighted by Gasteiger charge is 2.22. The summed E-state index contributed by atoms with van der Waals surface area (Å²) >= 11 is 0. The van der Waals surface area contributed by atoms with Crippen molar-refractivity contribution in [1.82, 2.24) is 10.6 Å². The van der Waals surface area contributed by atoms with Crippen molar-refractivity contribution in [2.75, 3.05) is 25.5 Å². The van der Waals surface area contributed by atoms with Gasteiger partial charge in [0.1, 0.15) is 0 Å². The first kappa shape index (κ1) is 17.5. The quantitative estimate of drug-likeness (QED) is 0.780. The minimum Gasteiger partial charge on any atom is -0.355 e. The lowest BCUT2D eigenvalue weighted by molar-refractivity contribution is -0.117. The number of hydrogen-bond acceptors (Lipinski definition) is 3. The largest absolute Gasteiger partial charge is 0.355 e. The predicted molar refractivity (Wildman–Crippen MR) is 92.6 cm³/mol. The van der Waals surface area contributed by atoms with Crippen LogP contribution in [0.1, 0.15) is 42.1 Å². The Kier molecular flexibility index (Phi) is 6.16. The first-order chi connectivity index (χ1) is 11.0. The van der Waals surface area contributed by atoms with Gasteiger partial charge in [0.15, 0.2) is 0 Å². The van der Waals surface area contributed by atoms with Gasteiger partial charge in [-0.1, -0.05) is 13.0 Å². The Morgan fingerprint density at radius 3 is 2.65 bits per heavy atom. The Morgan fingerprint density at radius 2 is 2.00 bits per heavy atom. The van der Waals surface area contributed by atoms with Crippen molar-refractivity contribution in [2.24, 2.45) is 11.8 Å². The number of piperidine rings is 1. The molecule has 2 rings (SSSR count). The van der Waals surface area contributed by atoms with Crippen LogP contribution in [0.25, 0.3) is 0 Å². The summed E-state index contributed by atoms with van der Waals surface area (Å²) in [6, 6.07) is 5.36. The Labute approximate surface area is 138 Å². The van der Waals surface area contributed by atoms with Crippen molar-refractivity contribution in [3.8, 4) is 0 Å². The number of nitrogens with one attached hydrogen (secondary N) is 3. The van der Waals surface area contributed by atoms with Gasteiger partial charge in [0, 0.05) is 24.7 Å². The zero-order valence-electron chi connectivity index (χ0n) is 14.2. The molecule has 1 saturated heterocycles. The van der Waals surface area contributed by atoms with E-state index in [-0.39, 0.29) is 11.8 Å². The molecular weight excluding hydrogens is 290 g/mol. The summed E-state index contributed by atoms with van der Waals surface area (Å²) < 4.78 is 0. The third-order valence-corrected chi connectivity index (χ3v) is 4.70. The van der Waals surface area contributed by atoms with Crippen LogP contribution in [0.3, 0.4) is 0 Å². The molecule has 0 aromatic heterocycles. The molecule has 0 aliphatic carbocycles. The van der Waals surface area contributed by atoms with Gasteiger partial charge in [-0.05, 0) is 62.4 Å². The first-order valence-corrected chi connectivity index (χ1v) is 8.34. The molecule has 5 heteroatoms. The first-order valence-electron chi connectivity index (χ1n) is 8.34. The van der Waals surface area contributed by atoms with Crippen LogP contribution in [0.15, 0.2) is 18.2 Å². The van der Waals surface area contributed by atoms with E-state index in [1.54, 1.807) is 19.2 Å². The monoisotopic (exact) mass is 317 g/mol. The summed E-state index contributed by atoms with van der Waals surface area (Å²) in [6.07, 6.45) is 2.80. The lowest BCUT2D eigenvalue weighted by atomic mass is 9.84. The number of amides is 2. The van der Waals surface area contributed by atoms with Crippen molar-refractivity contribution < 1.29 is 9.59 Å². The minimum absolute atomic E-state index is 0.0215. The van der Waals surface area contributed by atoms with Crippen LogP contribution < -0.4 is 16.0 Å². The van der Waals surface area contributed by atoms with Crippen LogP contribution in [0.4, 0.5) is 5.69 Å². The zero-order chi connectivity index (χ0) is 16.8. The number of rotatable bonds is 5. The Morgan fingerprint density at radius 1 is 1.30 bits per heavy atom. The van der Waals surface area contributed by atoms with Crippen molar-refractivity contribution in [1.29, 1.82) is 0 Å². The molecule has 2 amide bonds. The van der Waals surface area contributed by atoms with E-state index in [0.717, 1.165) is 31.5 Å². The maximum Gasteiger partial charge on any atom is 0.251 e. The number of hydrogen-bond donors (Lipinski definition) is 3. The Bertz CT molecular complexity index is 565. The molecule has 1 unspecified atom stereocenters. The molecule has 0 spiro atoms. The van der Waals surface area contributed by atoms with E-state index in [1.165, 1.54) is 0 Å². The number of anilines is 1. The standard InChI is InChI=1S/C18H27N3O2/c1-12-4-5-15(18(23)19-3)11-16(12)21-17(22)10-13(2)14-6-8-20-9-7-14/h4-5,11,13-14,20H,6-10H2,1-3H3,(H,19,23)(H,21,22). The number of carbonyl (C=O) groups is 2. The van der Waals surface area contributed by atoms with Crippen LogP contribution in [0.2, 0.25) is 0 Å². The zero-order valence-corrected chi connectivity index (χ0v) is 14.2. The van der Waals surface area contributed by atoms with Gasteiger partial charge in [-0.25, -0.2) is 0 Å². The van der Waals surface area contributed by atoms with Crippen LogP contribution in [-0.2, 0) is 4.79 Å². The van der Waals surface area contributed by atoms with E-state index < -0.39 is 0 Å². The van der Waals surface area contributed by atoms with E-state index >= 15 is 0 Å². The summed E-state index contributed by atoms with van der Waals surface area (Å²) in [5.41, 5.74) is 2.23. The summed E-state index contributed by atoms with van der Waals surface area (Å²) in [4.78, 5) is 24.1. The maximum absolute atomic E-state index is 12.3. The van der Waals surface area contributed by atoms with Crippen molar-refractivity contribution in [2.45, 2.75) is 33.1 Å². The smallest absolute Gasteiger partial charge is 0.251 e. The van der Waals surface area contributed by atoms with E-state index in [4.69, 9.17) is 0 Å². The van der Waals surface area contributed by atoms with Gasteiger partial charge >= 0.3 is 0 Å². The third kappa shape index (κ3) is 4.79. The van der Waals surface area contributed by atoms with Gasteiger partial charge in [0.25, 0.3) is 5.91 Å². The second-order valence-corrected chi connectivity index (χ2v) is 6.43. The topological polar surface area (TPSA) is 70.2 Å². The SMILES string of the molecule is CNC(=O)c1ccc(C)c(NC(=O)CC(C)C2CCNCC2)c1. The normalized spacial score (nSPS) is 16.7. The summed E-state index contributed by atoms with van der Waals surface area (Å²) in [5.74, 6) is 0.858. The second-order valence-electron chi connectivity index (χ2n) is 6.43. The molecule has 0 bridgehead atoms. The van der Waals surface area contributed by atoms with Gasteiger partial charge in [0.05, 0.1) is 0 Å². The minimum atomic E-state index is -0.149. The summed E-state index contributed by atoms with van der Waals surface area (Å²) in [6.45, 7) is 6.18. The Hall–Kier alpha value is -1.88. The number of benzene rings is 1. The molecule has 0 radical (unpaired) electrons. The highest BCUT2D eigenvalue weighted by atomic mass is 16.2. The second kappa shape index (κ2) is 8.11. The van der Waals surface area contributed by atoms with E-state index in [0.29, 0.717) is 29.5 Å². The molecule has 1 aromatic carbocycles. The lowest BCUT2D eigenvalue weighted by Crippen LogP contribution is -2.32. The van der Waals surface area contributed by atoms with Gasteiger partial charge in [-0.2, -0.15) is 0 Å².